The molecule has 78 valence electrons. The Kier molecular flexibility index (Phi) is 3.08. The van der Waals surface area contributed by atoms with Crippen LogP contribution in [0.4, 0.5) is 17.6 Å². The number of aromatic nitrogens is 1. The van der Waals surface area contributed by atoms with E-state index in [-0.39, 0.29) is 5.69 Å². The predicted octanol–water partition coefficient (Wildman–Crippen LogP) is 2.57. The summed E-state index contributed by atoms with van der Waals surface area (Å²) in [5, 5.41) is 0. The average molecular weight is 208 g/mol. The van der Waals surface area contributed by atoms with Crippen LogP contribution in [0.1, 0.15) is 18.8 Å². The smallest absolute Gasteiger partial charge is 0.225 e. The number of halogens is 4. The van der Waals surface area contributed by atoms with Crippen LogP contribution in [0.25, 0.3) is 0 Å². The van der Waals surface area contributed by atoms with Gasteiger partial charge in [0.05, 0.1) is 0 Å². The summed E-state index contributed by atoms with van der Waals surface area (Å²) in [5.41, 5.74) is -0.359. The molecule has 1 aromatic heterocycles. The van der Waals surface area contributed by atoms with Crippen molar-refractivity contribution < 1.29 is 22.1 Å². The zero-order valence-electron chi connectivity index (χ0n) is 7.55. The van der Waals surface area contributed by atoms with E-state index in [1.165, 1.54) is 16.8 Å². The van der Waals surface area contributed by atoms with Crippen LogP contribution in [-0.2, 0) is 6.54 Å². The normalized spacial score (nSPS) is 14.1. The Morgan fingerprint density at radius 1 is 1.36 bits per heavy atom. The number of pyridine rings is 1. The topological polar surface area (TPSA) is 3.88 Å². The van der Waals surface area contributed by atoms with Crippen LogP contribution in [-0.4, -0.2) is 6.18 Å². The van der Waals surface area contributed by atoms with Gasteiger partial charge in [0.15, 0.2) is 6.20 Å². The Labute approximate surface area is 79.0 Å². The second-order valence-electron chi connectivity index (χ2n) is 2.82. The van der Waals surface area contributed by atoms with Gasteiger partial charge in [-0.2, -0.15) is 17.7 Å². The zero-order chi connectivity index (χ0) is 10.8. The lowest BCUT2D eigenvalue weighted by atomic mass is 10.2. The van der Waals surface area contributed by atoms with E-state index in [4.69, 9.17) is 0 Å². The number of hydrogen-bond acceptors (Lipinski definition) is 0. The molecule has 0 aliphatic rings. The molecule has 1 heterocycles. The molecule has 0 N–H and O–H groups in total. The summed E-state index contributed by atoms with van der Waals surface area (Å²) in [7, 11) is 0. The molecule has 0 bridgehead atoms. The maximum absolute atomic E-state index is 12.9. The summed E-state index contributed by atoms with van der Waals surface area (Å²) in [6, 6.07) is 4.09. The van der Waals surface area contributed by atoms with Crippen molar-refractivity contribution in [1.82, 2.24) is 0 Å². The third-order valence-electron chi connectivity index (χ3n) is 1.86. The SMILES string of the molecule is CC[n+]1ccccc1[C@@H](F)C(F)(F)F. The van der Waals surface area contributed by atoms with Crippen LogP contribution >= 0.6 is 0 Å². The molecular weight excluding hydrogens is 198 g/mol. The molecule has 0 amide bonds. The molecule has 0 aliphatic carbocycles. The Balaban J connectivity index is 3.06. The van der Waals surface area contributed by atoms with Gasteiger partial charge in [-0.25, -0.2) is 4.39 Å². The van der Waals surface area contributed by atoms with E-state index in [2.05, 4.69) is 0 Å². The van der Waals surface area contributed by atoms with Crippen LogP contribution in [0, 0.1) is 0 Å². The molecule has 0 aromatic carbocycles. The number of alkyl halides is 4. The lowest BCUT2D eigenvalue weighted by Gasteiger charge is -2.10. The van der Waals surface area contributed by atoms with Gasteiger partial charge in [0.1, 0.15) is 6.54 Å². The molecule has 1 atom stereocenters. The van der Waals surface area contributed by atoms with Gasteiger partial charge in [0.25, 0.3) is 6.17 Å². The minimum absolute atomic E-state index is 0.312. The molecule has 0 radical (unpaired) electrons. The fraction of sp³-hybridized carbons (Fsp3) is 0.444. The van der Waals surface area contributed by atoms with Crippen molar-refractivity contribution in [2.24, 2.45) is 0 Å². The van der Waals surface area contributed by atoms with Gasteiger partial charge < -0.3 is 0 Å². The van der Waals surface area contributed by atoms with Crippen molar-refractivity contribution in [3.05, 3.63) is 30.1 Å². The van der Waals surface area contributed by atoms with E-state index < -0.39 is 12.3 Å². The molecule has 5 heteroatoms. The van der Waals surface area contributed by atoms with Crippen molar-refractivity contribution in [2.45, 2.75) is 25.8 Å². The highest BCUT2D eigenvalue weighted by atomic mass is 19.4. The Hall–Kier alpha value is -1.13. The molecule has 1 nitrogen and oxygen atoms in total. The first kappa shape index (κ1) is 10.9. The van der Waals surface area contributed by atoms with Gasteiger partial charge >= 0.3 is 6.18 Å². The highest BCUT2D eigenvalue weighted by Gasteiger charge is 2.46. The Bertz CT molecular complexity index is 308. The third-order valence-corrected chi connectivity index (χ3v) is 1.86. The molecule has 1 aromatic rings. The molecule has 14 heavy (non-hydrogen) atoms. The van der Waals surface area contributed by atoms with Crippen LogP contribution < -0.4 is 4.57 Å². The fourth-order valence-electron chi connectivity index (χ4n) is 1.18. The molecule has 0 saturated heterocycles. The minimum Gasteiger partial charge on any atom is -0.225 e. The summed E-state index contributed by atoms with van der Waals surface area (Å²) >= 11 is 0. The predicted molar refractivity (Wildman–Crippen MR) is 42.2 cm³/mol. The summed E-state index contributed by atoms with van der Waals surface area (Å²) in [4.78, 5) is 0. The van der Waals surface area contributed by atoms with E-state index >= 15 is 0 Å². The standard InChI is InChI=1S/C9H10F4N/c1-2-14-6-4-3-5-7(14)8(10)9(11,12)13/h3-6,8H,2H2,1H3/q+1/t8-/m1/s1. The van der Waals surface area contributed by atoms with Crippen molar-refractivity contribution in [2.75, 3.05) is 0 Å². The third kappa shape index (κ3) is 2.21. The monoisotopic (exact) mass is 208 g/mol. The molecule has 0 spiro atoms. The second-order valence-corrected chi connectivity index (χ2v) is 2.82. The van der Waals surface area contributed by atoms with Gasteiger partial charge in [-0.15, -0.1) is 0 Å². The molecule has 0 fully saturated rings. The van der Waals surface area contributed by atoms with Gasteiger partial charge in [0, 0.05) is 12.1 Å². The molecular formula is C9H10F4N+. The van der Waals surface area contributed by atoms with Crippen LogP contribution in [0.3, 0.4) is 0 Å². The highest BCUT2D eigenvalue weighted by Crippen LogP contribution is 2.33. The average Bonchev–Trinajstić information content (AvgIpc) is 2.15. The second kappa shape index (κ2) is 3.94. The number of nitrogens with zero attached hydrogens (tertiary/aromatic N) is 1. The van der Waals surface area contributed by atoms with E-state index in [9.17, 15) is 17.6 Å². The van der Waals surface area contributed by atoms with Gasteiger partial charge in [-0.1, -0.05) is 0 Å². The first-order valence-corrected chi connectivity index (χ1v) is 4.16. The molecule has 0 aliphatic heterocycles. The van der Waals surface area contributed by atoms with Gasteiger partial charge in [-0.05, 0) is 13.0 Å². The highest BCUT2D eigenvalue weighted by molar-refractivity contribution is 5.02. The summed E-state index contributed by atoms with van der Waals surface area (Å²) in [6.45, 7) is 1.97. The maximum atomic E-state index is 12.9. The first-order chi connectivity index (χ1) is 6.46. The lowest BCUT2D eigenvalue weighted by Crippen LogP contribution is -2.40. The molecule has 0 saturated carbocycles. The van der Waals surface area contributed by atoms with E-state index in [1.807, 2.05) is 0 Å². The fourth-order valence-corrected chi connectivity index (χ4v) is 1.18. The van der Waals surface area contributed by atoms with Gasteiger partial charge in [-0.3, -0.25) is 0 Å². The van der Waals surface area contributed by atoms with E-state index in [1.54, 1.807) is 13.0 Å². The number of rotatable bonds is 2. The number of aryl methyl sites for hydroxylation is 1. The molecule has 0 unspecified atom stereocenters. The summed E-state index contributed by atoms with van der Waals surface area (Å²) in [6.07, 6.45) is -6.32. The van der Waals surface area contributed by atoms with Crippen molar-refractivity contribution in [1.29, 1.82) is 0 Å². The summed E-state index contributed by atoms with van der Waals surface area (Å²) < 4.78 is 50.4. The van der Waals surface area contributed by atoms with Crippen LogP contribution in [0.2, 0.25) is 0 Å². The largest absolute Gasteiger partial charge is 0.429 e. The van der Waals surface area contributed by atoms with E-state index in [0.717, 1.165) is 6.07 Å². The van der Waals surface area contributed by atoms with Gasteiger partial charge in [0.2, 0.25) is 5.69 Å². The molecule has 1 rings (SSSR count). The van der Waals surface area contributed by atoms with Crippen molar-refractivity contribution in [3.63, 3.8) is 0 Å². The lowest BCUT2D eigenvalue weighted by molar-refractivity contribution is -0.705. The zero-order valence-corrected chi connectivity index (χ0v) is 7.55. The van der Waals surface area contributed by atoms with Crippen LogP contribution in [0.15, 0.2) is 24.4 Å². The maximum Gasteiger partial charge on any atom is 0.429 e. The first-order valence-electron chi connectivity index (χ1n) is 4.16. The van der Waals surface area contributed by atoms with E-state index in [0.29, 0.717) is 6.54 Å². The van der Waals surface area contributed by atoms with Crippen LogP contribution in [0.5, 0.6) is 0 Å². The Morgan fingerprint density at radius 2 is 2.00 bits per heavy atom. The quantitative estimate of drug-likeness (QED) is 0.519. The summed E-state index contributed by atoms with van der Waals surface area (Å²) in [5.74, 6) is 0. The minimum atomic E-state index is -4.84. The Morgan fingerprint density at radius 3 is 2.50 bits per heavy atom. The van der Waals surface area contributed by atoms with Crippen molar-refractivity contribution in [3.8, 4) is 0 Å². The number of hydrogen-bond donors (Lipinski definition) is 0. The van der Waals surface area contributed by atoms with Crippen molar-refractivity contribution >= 4 is 0 Å².